The molecule has 3 N–H and O–H groups in total. The van der Waals surface area contributed by atoms with Gasteiger partial charge in [-0.15, -0.1) is 11.6 Å². The highest BCUT2D eigenvalue weighted by Crippen LogP contribution is 2.34. The van der Waals surface area contributed by atoms with Crippen molar-refractivity contribution in [2.45, 2.75) is 32.2 Å². The van der Waals surface area contributed by atoms with Gasteiger partial charge in [0.25, 0.3) is 5.91 Å². The van der Waals surface area contributed by atoms with Gasteiger partial charge >= 0.3 is 0 Å². The highest BCUT2D eigenvalue weighted by molar-refractivity contribution is 6.23. The zero-order valence-electron chi connectivity index (χ0n) is 26.8. The number of benzene rings is 2. The summed E-state index contributed by atoms with van der Waals surface area (Å²) in [5.74, 6) is 5.06. The summed E-state index contributed by atoms with van der Waals surface area (Å²) in [6.45, 7) is 13.1. The van der Waals surface area contributed by atoms with Gasteiger partial charge in [0.2, 0.25) is 0 Å². The maximum atomic E-state index is 15.2. The molecule has 11 heteroatoms. The Morgan fingerprint density at radius 2 is 1.98 bits per heavy atom. The number of alkyl halides is 1. The van der Waals surface area contributed by atoms with Crippen molar-refractivity contribution in [3.8, 4) is 11.8 Å². The number of halogens is 2. The third-order valence-electron chi connectivity index (χ3n) is 8.30. The topological polar surface area (TPSA) is 93.6 Å². The van der Waals surface area contributed by atoms with Crippen LogP contribution in [0.3, 0.4) is 0 Å². The third kappa shape index (κ3) is 7.02. The van der Waals surface area contributed by atoms with Crippen LogP contribution in [0.5, 0.6) is 0 Å². The first kappa shape index (κ1) is 31.9. The number of anilines is 3. The molecule has 47 heavy (non-hydrogen) atoms. The summed E-state index contributed by atoms with van der Waals surface area (Å²) in [7, 11) is 2.05. The molecule has 0 aliphatic carbocycles. The summed E-state index contributed by atoms with van der Waals surface area (Å²) in [5, 5.41) is 12.9. The fourth-order valence-corrected chi connectivity index (χ4v) is 5.79. The number of H-pyrrole nitrogens is 1. The predicted molar refractivity (Wildman–Crippen MR) is 185 cm³/mol. The lowest BCUT2D eigenvalue weighted by molar-refractivity contribution is 0.102. The van der Waals surface area contributed by atoms with Crippen molar-refractivity contribution in [2.24, 2.45) is 0 Å². The summed E-state index contributed by atoms with van der Waals surface area (Å²) in [6, 6.07) is 12.3. The van der Waals surface area contributed by atoms with Gasteiger partial charge in [0.15, 0.2) is 5.65 Å². The lowest BCUT2D eigenvalue weighted by Gasteiger charge is -2.36. The molecule has 0 unspecified atom stereocenters. The zero-order chi connectivity index (χ0) is 33.3. The van der Waals surface area contributed by atoms with E-state index in [1.807, 2.05) is 54.8 Å². The van der Waals surface area contributed by atoms with E-state index in [1.54, 1.807) is 25.5 Å². The molecule has 1 fully saturated rings. The van der Waals surface area contributed by atoms with E-state index < -0.39 is 16.6 Å². The second-order valence-corrected chi connectivity index (χ2v) is 13.2. The van der Waals surface area contributed by atoms with Crippen LogP contribution in [0.4, 0.5) is 21.5 Å². The van der Waals surface area contributed by atoms with Crippen LogP contribution in [0.1, 0.15) is 52.2 Å². The fraction of sp³-hybridized carbons (Fsp3) is 0.250. The first-order chi connectivity index (χ1) is 22.5. The average molecular weight is 651 g/mol. The molecule has 2 aromatic carbocycles. The van der Waals surface area contributed by atoms with Crippen LogP contribution in [0.25, 0.3) is 5.65 Å². The number of fused-ring (bicyclic) bond motifs is 1. The number of hydrogen-bond acceptors (Lipinski definition) is 6. The molecule has 4 heterocycles. The molecular formula is C36H36ClFN8O. The summed E-state index contributed by atoms with van der Waals surface area (Å²) < 4.78 is 17.0. The molecule has 1 aliphatic heterocycles. The zero-order valence-corrected chi connectivity index (χ0v) is 27.5. The molecule has 1 aliphatic rings. The first-order valence-corrected chi connectivity index (χ1v) is 15.6. The molecule has 240 valence electrons. The van der Waals surface area contributed by atoms with Gasteiger partial charge in [0.1, 0.15) is 11.5 Å². The number of aromatic nitrogens is 4. The SMILES string of the molecule is C=C1CN(Cc2ccc(NC(=O)c3cc(C#Cc4cnc5c(Nc6cn[nH]c6)cccn45)c(C)cc3F)cc2C(C)(C)Cl)CCN1C. The number of imidazole rings is 1. The summed E-state index contributed by atoms with van der Waals surface area (Å²) in [4.78, 5) is 21.8. The largest absolute Gasteiger partial charge is 0.376 e. The number of nitrogens with one attached hydrogen (secondary N) is 3. The number of pyridine rings is 1. The second-order valence-electron chi connectivity index (χ2n) is 12.3. The molecule has 0 spiro atoms. The van der Waals surface area contributed by atoms with Crippen LogP contribution in [0.2, 0.25) is 0 Å². The van der Waals surface area contributed by atoms with Crippen molar-refractivity contribution in [3.63, 3.8) is 0 Å². The van der Waals surface area contributed by atoms with Gasteiger partial charge in [-0.3, -0.25) is 19.2 Å². The van der Waals surface area contributed by atoms with Gasteiger partial charge in [-0.1, -0.05) is 18.6 Å². The number of carbonyl (C=O) groups is 1. The summed E-state index contributed by atoms with van der Waals surface area (Å²) >= 11 is 6.83. The normalized spacial score (nSPS) is 13.8. The fourth-order valence-electron chi connectivity index (χ4n) is 5.62. The Balaban J connectivity index is 1.23. The Morgan fingerprint density at radius 1 is 1.15 bits per heavy atom. The van der Waals surface area contributed by atoms with E-state index in [1.165, 1.54) is 12.1 Å². The highest BCUT2D eigenvalue weighted by atomic mass is 35.5. The molecular weight excluding hydrogens is 615 g/mol. The molecule has 9 nitrogen and oxygen atoms in total. The van der Waals surface area contributed by atoms with Crippen LogP contribution in [0.15, 0.2) is 79.5 Å². The summed E-state index contributed by atoms with van der Waals surface area (Å²) in [5.41, 5.74) is 7.54. The number of amides is 1. The average Bonchev–Trinajstić information content (AvgIpc) is 3.69. The monoisotopic (exact) mass is 650 g/mol. The van der Waals surface area contributed by atoms with Gasteiger partial charge in [-0.2, -0.15) is 5.10 Å². The van der Waals surface area contributed by atoms with Crippen LogP contribution in [-0.4, -0.2) is 62.0 Å². The third-order valence-corrected chi connectivity index (χ3v) is 8.50. The van der Waals surface area contributed by atoms with E-state index in [0.29, 0.717) is 34.7 Å². The minimum atomic E-state index is -0.689. The molecule has 0 saturated carbocycles. The maximum Gasteiger partial charge on any atom is 0.258 e. The highest BCUT2D eigenvalue weighted by Gasteiger charge is 2.25. The number of nitrogens with zero attached hydrogens (tertiary/aromatic N) is 5. The van der Waals surface area contributed by atoms with Gasteiger partial charge < -0.3 is 15.5 Å². The maximum absolute atomic E-state index is 15.2. The van der Waals surface area contributed by atoms with Crippen molar-refractivity contribution < 1.29 is 9.18 Å². The van der Waals surface area contributed by atoms with Gasteiger partial charge in [0.05, 0.1) is 34.2 Å². The molecule has 0 bridgehead atoms. The molecule has 0 radical (unpaired) electrons. The van der Waals surface area contributed by atoms with Gasteiger partial charge in [0, 0.05) is 62.6 Å². The molecule has 0 atom stereocenters. The smallest absolute Gasteiger partial charge is 0.258 e. The Morgan fingerprint density at radius 3 is 2.72 bits per heavy atom. The number of aromatic amines is 1. The second kappa shape index (κ2) is 12.9. The lowest BCUT2D eigenvalue weighted by Crippen LogP contribution is -2.42. The molecule has 5 aromatic rings. The van der Waals surface area contributed by atoms with Crippen molar-refractivity contribution in [1.29, 1.82) is 0 Å². The molecule has 1 amide bonds. The first-order valence-electron chi connectivity index (χ1n) is 15.3. The number of piperazine rings is 1. The Kier molecular flexibility index (Phi) is 8.78. The van der Waals surface area contributed by atoms with E-state index in [2.05, 4.69) is 61.1 Å². The Hall–Kier alpha value is -5.11. The standard InChI is InChI=1S/C36H36ClFN8O/c1-23-15-32(38)30(16-25(23)9-11-29-20-39-34-33(7-6-12-46(29)34)42-28-18-40-41-19-28)35(47)43-27-10-8-26(31(17-27)36(3,4)37)22-45-14-13-44(5)24(2)21-45/h6-8,10,12,15-20,42H,2,13-14,21-22H2,1,3-5H3,(H,40,41)(H,43,47). The van der Waals surface area contributed by atoms with Gasteiger partial charge in [-0.25, -0.2) is 9.37 Å². The number of likely N-dealkylation sites (N-methyl/N-ethyl adjacent to an activating group) is 1. The van der Waals surface area contributed by atoms with Gasteiger partial charge in [-0.05, 0) is 79.8 Å². The Bertz CT molecular complexity index is 2030. The lowest BCUT2D eigenvalue weighted by atomic mass is 9.95. The van der Waals surface area contributed by atoms with E-state index in [-0.39, 0.29) is 5.56 Å². The minimum Gasteiger partial charge on any atom is -0.376 e. The minimum absolute atomic E-state index is 0.101. The van der Waals surface area contributed by atoms with E-state index in [9.17, 15) is 4.79 Å². The van der Waals surface area contributed by atoms with E-state index in [4.69, 9.17) is 11.6 Å². The molecule has 6 rings (SSSR count). The van der Waals surface area contributed by atoms with Crippen LogP contribution in [-0.2, 0) is 11.4 Å². The van der Waals surface area contributed by atoms with Crippen molar-refractivity contribution in [3.05, 3.63) is 119 Å². The number of carbonyl (C=O) groups excluding carboxylic acids is 1. The molecule has 3 aromatic heterocycles. The van der Waals surface area contributed by atoms with Crippen molar-refractivity contribution >= 4 is 40.2 Å². The van der Waals surface area contributed by atoms with Crippen molar-refractivity contribution in [1.82, 2.24) is 29.4 Å². The Labute approximate surface area is 278 Å². The number of rotatable bonds is 7. The molecule has 1 saturated heterocycles. The van der Waals surface area contributed by atoms with Crippen LogP contribution >= 0.6 is 11.6 Å². The quantitative estimate of drug-likeness (QED) is 0.135. The van der Waals surface area contributed by atoms with Crippen LogP contribution < -0.4 is 10.6 Å². The number of aryl methyl sites for hydroxylation is 1. The van der Waals surface area contributed by atoms with Crippen LogP contribution in [0, 0.1) is 24.6 Å². The van der Waals surface area contributed by atoms with E-state index >= 15 is 4.39 Å². The van der Waals surface area contributed by atoms with E-state index in [0.717, 1.165) is 47.8 Å². The number of hydrogen-bond donors (Lipinski definition) is 3. The predicted octanol–water partition coefficient (Wildman–Crippen LogP) is 6.64. The van der Waals surface area contributed by atoms with Crippen molar-refractivity contribution in [2.75, 3.05) is 37.3 Å². The summed E-state index contributed by atoms with van der Waals surface area (Å²) in [6.07, 6.45) is 6.97.